The minimum atomic E-state index is -0.533. The first-order valence-corrected chi connectivity index (χ1v) is 9.66. The number of aryl methyl sites for hydroxylation is 1. The van der Waals surface area contributed by atoms with Crippen LogP contribution >= 0.6 is 0 Å². The predicted octanol–water partition coefficient (Wildman–Crippen LogP) is -0.612. The average molecular weight is 387 g/mol. The minimum Gasteiger partial charge on any atom is -0.360 e. The Morgan fingerprint density at radius 1 is 1.14 bits per heavy atom. The highest BCUT2D eigenvalue weighted by Gasteiger charge is 2.50. The molecule has 1 aromatic heterocycles. The normalized spacial score (nSPS) is 26.1. The Morgan fingerprint density at radius 3 is 2.75 bits per heavy atom. The van der Waals surface area contributed by atoms with E-state index in [0.29, 0.717) is 25.3 Å². The molecule has 28 heavy (non-hydrogen) atoms. The summed E-state index contributed by atoms with van der Waals surface area (Å²) in [5.74, 6) is 0.349. The molecule has 0 saturated carbocycles. The van der Waals surface area contributed by atoms with E-state index in [4.69, 9.17) is 4.52 Å². The number of rotatable bonds is 3. The highest BCUT2D eigenvalue weighted by Crippen LogP contribution is 2.34. The summed E-state index contributed by atoms with van der Waals surface area (Å²) in [6, 6.07) is -0.574. The van der Waals surface area contributed by atoms with Gasteiger partial charge in [0.05, 0.1) is 6.04 Å². The van der Waals surface area contributed by atoms with E-state index in [1.807, 2.05) is 0 Å². The number of nitrogens with zero attached hydrogens (tertiary/aromatic N) is 4. The van der Waals surface area contributed by atoms with Gasteiger partial charge in [-0.05, 0) is 19.3 Å². The van der Waals surface area contributed by atoms with Gasteiger partial charge in [0, 0.05) is 37.5 Å². The topological polar surface area (TPSA) is 116 Å². The molecule has 5 rings (SSSR count). The molecule has 0 spiro atoms. The summed E-state index contributed by atoms with van der Waals surface area (Å²) in [6.45, 7) is 1.41. The lowest BCUT2D eigenvalue weighted by atomic mass is 9.92. The zero-order valence-corrected chi connectivity index (χ0v) is 15.3. The Bertz CT molecular complexity index is 880. The highest BCUT2D eigenvalue weighted by molar-refractivity contribution is 6.03. The lowest BCUT2D eigenvalue weighted by Gasteiger charge is -2.43. The quantitative estimate of drug-likeness (QED) is 0.692. The Morgan fingerprint density at radius 2 is 1.96 bits per heavy atom. The molecule has 0 bridgehead atoms. The molecule has 4 heterocycles. The van der Waals surface area contributed by atoms with Crippen LogP contribution in [0.3, 0.4) is 0 Å². The number of hydrogen-bond acceptors (Lipinski definition) is 6. The lowest BCUT2D eigenvalue weighted by Crippen LogP contribution is -2.60. The van der Waals surface area contributed by atoms with Crippen molar-refractivity contribution < 1.29 is 23.7 Å². The van der Waals surface area contributed by atoms with Crippen LogP contribution in [0, 0.1) is 5.92 Å². The molecule has 3 saturated heterocycles. The first-order valence-electron chi connectivity index (χ1n) is 9.66. The van der Waals surface area contributed by atoms with Crippen molar-refractivity contribution in [2.45, 2.75) is 31.7 Å². The van der Waals surface area contributed by atoms with Crippen LogP contribution in [0.15, 0.2) is 4.52 Å². The van der Waals surface area contributed by atoms with Gasteiger partial charge in [-0.15, -0.1) is 0 Å². The Balaban J connectivity index is 1.22. The molecule has 148 valence electrons. The third-order valence-corrected chi connectivity index (χ3v) is 6.19. The average Bonchev–Trinajstić information content (AvgIpc) is 3.31. The molecule has 10 heteroatoms. The van der Waals surface area contributed by atoms with Gasteiger partial charge in [-0.25, -0.2) is 4.79 Å². The summed E-state index contributed by atoms with van der Waals surface area (Å²) < 4.78 is 5.36. The van der Waals surface area contributed by atoms with Gasteiger partial charge in [-0.3, -0.25) is 19.7 Å². The van der Waals surface area contributed by atoms with Gasteiger partial charge in [0.25, 0.3) is 5.91 Å². The second kappa shape index (κ2) is 6.32. The van der Waals surface area contributed by atoms with Crippen LogP contribution in [-0.2, 0) is 22.4 Å². The molecule has 1 aromatic rings. The second-order valence-electron chi connectivity index (χ2n) is 7.93. The second-order valence-corrected chi connectivity index (χ2v) is 7.93. The van der Waals surface area contributed by atoms with E-state index in [0.717, 1.165) is 37.0 Å². The number of imide groups is 1. The van der Waals surface area contributed by atoms with Crippen molar-refractivity contribution in [3.8, 4) is 0 Å². The third kappa shape index (κ3) is 2.66. The Hall–Kier alpha value is -2.91. The van der Waals surface area contributed by atoms with Crippen LogP contribution in [0.25, 0.3) is 0 Å². The molecule has 3 aliphatic heterocycles. The summed E-state index contributed by atoms with van der Waals surface area (Å²) in [5, 5.41) is 6.19. The molecule has 1 N–H and O–H groups in total. The van der Waals surface area contributed by atoms with E-state index in [-0.39, 0.29) is 36.9 Å². The minimum absolute atomic E-state index is 0.0412. The molecular weight excluding hydrogens is 366 g/mol. The maximum atomic E-state index is 12.9. The third-order valence-electron chi connectivity index (χ3n) is 6.19. The van der Waals surface area contributed by atoms with E-state index in [9.17, 15) is 19.2 Å². The van der Waals surface area contributed by atoms with Crippen molar-refractivity contribution in [3.05, 3.63) is 17.0 Å². The SMILES string of the molecule is O=C1CN(CC(=O)N2C[C@@H]3CN(C(=O)c4noc5c4CCCC5)C[C@H]32)C(=O)N1. The molecule has 4 aliphatic rings. The first kappa shape index (κ1) is 17.2. The van der Waals surface area contributed by atoms with Gasteiger partial charge in [0.1, 0.15) is 18.8 Å². The van der Waals surface area contributed by atoms with Crippen molar-refractivity contribution in [3.63, 3.8) is 0 Å². The van der Waals surface area contributed by atoms with Gasteiger partial charge >= 0.3 is 6.03 Å². The number of hydrogen-bond donors (Lipinski definition) is 1. The summed E-state index contributed by atoms with van der Waals surface area (Å²) in [6.07, 6.45) is 3.74. The largest absolute Gasteiger partial charge is 0.360 e. The molecular formula is C18H21N5O5. The van der Waals surface area contributed by atoms with Gasteiger partial charge in [-0.1, -0.05) is 5.16 Å². The van der Waals surface area contributed by atoms with Crippen molar-refractivity contribution in [1.82, 2.24) is 25.2 Å². The van der Waals surface area contributed by atoms with Crippen molar-refractivity contribution in [2.75, 3.05) is 32.7 Å². The predicted molar refractivity (Wildman–Crippen MR) is 93.2 cm³/mol. The molecule has 1 aliphatic carbocycles. The van der Waals surface area contributed by atoms with Crippen LogP contribution in [-0.4, -0.2) is 82.4 Å². The fourth-order valence-electron chi connectivity index (χ4n) is 4.66. The lowest BCUT2D eigenvalue weighted by molar-refractivity contribution is -0.141. The van der Waals surface area contributed by atoms with E-state index >= 15 is 0 Å². The molecule has 0 aromatic carbocycles. The maximum absolute atomic E-state index is 12.9. The van der Waals surface area contributed by atoms with Gasteiger partial charge < -0.3 is 19.2 Å². The van der Waals surface area contributed by atoms with Crippen molar-refractivity contribution in [2.24, 2.45) is 5.92 Å². The molecule has 2 atom stereocenters. The maximum Gasteiger partial charge on any atom is 0.325 e. The number of carbonyl (C=O) groups excluding carboxylic acids is 4. The number of aromatic nitrogens is 1. The molecule has 10 nitrogen and oxygen atoms in total. The fraction of sp³-hybridized carbons (Fsp3) is 0.611. The van der Waals surface area contributed by atoms with Crippen molar-refractivity contribution >= 4 is 23.8 Å². The number of amides is 5. The summed E-state index contributed by atoms with van der Waals surface area (Å²) in [7, 11) is 0. The molecule has 3 fully saturated rings. The number of fused-ring (bicyclic) bond motifs is 2. The van der Waals surface area contributed by atoms with Crippen LogP contribution in [0.4, 0.5) is 4.79 Å². The monoisotopic (exact) mass is 387 g/mol. The molecule has 0 radical (unpaired) electrons. The number of urea groups is 1. The number of likely N-dealkylation sites (tertiary alicyclic amines) is 2. The van der Waals surface area contributed by atoms with E-state index in [2.05, 4.69) is 10.5 Å². The summed E-state index contributed by atoms with van der Waals surface area (Å²) in [4.78, 5) is 53.0. The molecule has 5 amide bonds. The first-order chi connectivity index (χ1) is 13.5. The zero-order valence-electron chi connectivity index (χ0n) is 15.3. The Labute approximate surface area is 160 Å². The summed E-state index contributed by atoms with van der Waals surface area (Å²) >= 11 is 0. The van der Waals surface area contributed by atoms with Gasteiger partial charge in [-0.2, -0.15) is 0 Å². The number of carbonyl (C=O) groups is 4. The van der Waals surface area contributed by atoms with Crippen LogP contribution < -0.4 is 5.32 Å². The van der Waals surface area contributed by atoms with Crippen LogP contribution in [0.2, 0.25) is 0 Å². The Kier molecular flexibility index (Phi) is 3.88. The van der Waals surface area contributed by atoms with Crippen LogP contribution in [0.5, 0.6) is 0 Å². The van der Waals surface area contributed by atoms with Gasteiger partial charge in [0.2, 0.25) is 11.8 Å². The van der Waals surface area contributed by atoms with E-state index in [1.54, 1.807) is 9.80 Å². The van der Waals surface area contributed by atoms with Crippen molar-refractivity contribution in [1.29, 1.82) is 0 Å². The van der Waals surface area contributed by atoms with E-state index < -0.39 is 11.9 Å². The zero-order chi connectivity index (χ0) is 19.4. The number of nitrogens with one attached hydrogen (secondary N) is 1. The van der Waals surface area contributed by atoms with Gasteiger partial charge in [0.15, 0.2) is 5.69 Å². The van der Waals surface area contributed by atoms with E-state index in [1.165, 1.54) is 4.90 Å². The summed E-state index contributed by atoms with van der Waals surface area (Å²) in [5.41, 5.74) is 1.36. The van der Waals surface area contributed by atoms with Crippen LogP contribution in [0.1, 0.15) is 34.7 Å². The standard InChI is InChI=1S/C18H21N5O5/c24-14-8-22(18(27)19-14)9-15(25)23-6-10-5-21(7-12(10)23)17(26)16-11-3-1-2-4-13(11)28-20-16/h10,12H,1-9H2,(H,19,24,27)/t10-,12+/m0/s1. The smallest absolute Gasteiger partial charge is 0.325 e. The highest BCUT2D eigenvalue weighted by atomic mass is 16.5. The molecule has 0 unspecified atom stereocenters. The fourth-order valence-corrected chi connectivity index (χ4v) is 4.66.